The number of nitrogen functional groups attached to an aromatic ring is 1. The molecule has 0 amide bonds. The van der Waals surface area contributed by atoms with Gasteiger partial charge in [-0.1, -0.05) is 11.8 Å². The average molecular weight is 303 g/mol. The lowest BCUT2D eigenvalue weighted by molar-refractivity contribution is 0.0696. The SMILES string of the molecule is Nc1ccc(C(=O)O)cc1Sc1ccc2c(c1)OCCO2. The van der Waals surface area contributed by atoms with Gasteiger partial charge in [0.05, 0.1) is 5.56 Å². The van der Waals surface area contributed by atoms with Crippen molar-refractivity contribution in [2.45, 2.75) is 9.79 Å². The summed E-state index contributed by atoms with van der Waals surface area (Å²) in [6.45, 7) is 1.07. The molecule has 1 aliphatic heterocycles. The van der Waals surface area contributed by atoms with Crippen molar-refractivity contribution in [3.05, 3.63) is 42.0 Å². The zero-order chi connectivity index (χ0) is 14.8. The molecular formula is C15H13NO4S. The Morgan fingerprint density at radius 2 is 1.86 bits per heavy atom. The molecule has 1 aliphatic rings. The number of rotatable bonds is 3. The van der Waals surface area contributed by atoms with Crippen LogP contribution in [0.15, 0.2) is 46.2 Å². The van der Waals surface area contributed by atoms with Crippen molar-refractivity contribution in [3.8, 4) is 11.5 Å². The zero-order valence-corrected chi connectivity index (χ0v) is 11.9. The minimum absolute atomic E-state index is 0.212. The van der Waals surface area contributed by atoms with Gasteiger partial charge in [0.1, 0.15) is 13.2 Å². The fraction of sp³-hybridized carbons (Fsp3) is 0.133. The molecule has 0 spiro atoms. The first-order chi connectivity index (χ1) is 10.1. The topological polar surface area (TPSA) is 81.8 Å². The molecule has 0 unspecified atom stereocenters. The van der Waals surface area contributed by atoms with Gasteiger partial charge in [0.15, 0.2) is 11.5 Å². The first kappa shape index (κ1) is 13.6. The number of carboxylic acids is 1. The molecule has 0 aromatic heterocycles. The number of anilines is 1. The van der Waals surface area contributed by atoms with Crippen molar-refractivity contribution in [1.29, 1.82) is 0 Å². The number of nitrogens with two attached hydrogens (primary N) is 1. The largest absolute Gasteiger partial charge is 0.486 e. The molecule has 0 atom stereocenters. The average Bonchev–Trinajstić information content (AvgIpc) is 2.49. The molecule has 3 rings (SSSR count). The first-order valence-electron chi connectivity index (χ1n) is 6.34. The van der Waals surface area contributed by atoms with Crippen molar-refractivity contribution in [3.63, 3.8) is 0 Å². The van der Waals surface area contributed by atoms with Gasteiger partial charge >= 0.3 is 5.97 Å². The summed E-state index contributed by atoms with van der Waals surface area (Å²) in [5, 5.41) is 9.04. The molecule has 0 bridgehead atoms. The van der Waals surface area contributed by atoms with Gasteiger partial charge in [-0.25, -0.2) is 4.79 Å². The fourth-order valence-electron chi connectivity index (χ4n) is 1.97. The van der Waals surface area contributed by atoms with Crippen LogP contribution in [0.3, 0.4) is 0 Å². The van der Waals surface area contributed by atoms with Gasteiger partial charge in [-0.05, 0) is 36.4 Å². The van der Waals surface area contributed by atoms with Gasteiger partial charge in [-0.15, -0.1) is 0 Å². The molecule has 3 N–H and O–H groups in total. The number of carbonyl (C=O) groups is 1. The van der Waals surface area contributed by atoms with Crippen molar-refractivity contribution in [2.75, 3.05) is 18.9 Å². The number of aromatic carboxylic acids is 1. The van der Waals surface area contributed by atoms with Gasteiger partial charge in [-0.3, -0.25) is 0 Å². The van der Waals surface area contributed by atoms with E-state index in [1.807, 2.05) is 18.2 Å². The van der Waals surface area contributed by atoms with Crippen molar-refractivity contribution in [2.24, 2.45) is 0 Å². The minimum atomic E-state index is -0.973. The normalized spacial score (nSPS) is 13.0. The molecule has 2 aromatic rings. The highest BCUT2D eigenvalue weighted by Gasteiger charge is 2.13. The number of benzene rings is 2. The lowest BCUT2D eigenvalue weighted by Crippen LogP contribution is -2.15. The van der Waals surface area contributed by atoms with Crippen LogP contribution in [0.25, 0.3) is 0 Å². The lowest BCUT2D eigenvalue weighted by Gasteiger charge is -2.18. The van der Waals surface area contributed by atoms with Crippen LogP contribution in [0, 0.1) is 0 Å². The van der Waals surface area contributed by atoms with Crippen LogP contribution < -0.4 is 15.2 Å². The minimum Gasteiger partial charge on any atom is -0.486 e. The third-order valence-corrected chi connectivity index (χ3v) is 4.07. The third kappa shape index (κ3) is 2.90. The van der Waals surface area contributed by atoms with Crippen LogP contribution in [0.4, 0.5) is 5.69 Å². The van der Waals surface area contributed by atoms with Crippen molar-refractivity contribution < 1.29 is 19.4 Å². The molecule has 6 heteroatoms. The van der Waals surface area contributed by atoms with Crippen LogP contribution in [0.1, 0.15) is 10.4 Å². The zero-order valence-electron chi connectivity index (χ0n) is 11.0. The van der Waals surface area contributed by atoms with E-state index in [4.69, 9.17) is 20.3 Å². The van der Waals surface area contributed by atoms with E-state index in [9.17, 15) is 4.79 Å². The summed E-state index contributed by atoms with van der Waals surface area (Å²) in [6, 6.07) is 10.3. The Morgan fingerprint density at radius 1 is 1.10 bits per heavy atom. The Morgan fingerprint density at radius 3 is 2.62 bits per heavy atom. The van der Waals surface area contributed by atoms with Crippen molar-refractivity contribution >= 4 is 23.4 Å². The van der Waals surface area contributed by atoms with E-state index in [1.165, 1.54) is 17.8 Å². The van der Waals surface area contributed by atoms with E-state index in [-0.39, 0.29) is 5.56 Å². The fourth-order valence-corrected chi connectivity index (χ4v) is 2.90. The third-order valence-electron chi connectivity index (χ3n) is 3.00. The Labute approximate surface area is 125 Å². The Bertz CT molecular complexity index is 702. The second kappa shape index (κ2) is 5.57. The molecule has 21 heavy (non-hydrogen) atoms. The van der Waals surface area contributed by atoms with E-state index in [0.29, 0.717) is 29.5 Å². The number of hydrogen-bond acceptors (Lipinski definition) is 5. The second-order valence-corrected chi connectivity index (χ2v) is 5.58. The van der Waals surface area contributed by atoms with Crippen LogP contribution in [0.5, 0.6) is 11.5 Å². The summed E-state index contributed by atoms with van der Waals surface area (Å²) >= 11 is 1.39. The number of ether oxygens (including phenoxy) is 2. The maximum Gasteiger partial charge on any atom is 0.335 e. The molecule has 2 aromatic carbocycles. The molecule has 108 valence electrons. The molecule has 0 radical (unpaired) electrons. The van der Waals surface area contributed by atoms with Crippen LogP contribution in [-0.4, -0.2) is 24.3 Å². The highest BCUT2D eigenvalue weighted by molar-refractivity contribution is 7.99. The van der Waals surface area contributed by atoms with Gasteiger partial charge in [0.2, 0.25) is 0 Å². The Hall–Kier alpha value is -2.34. The predicted octanol–water partition coefficient (Wildman–Crippen LogP) is 2.89. The van der Waals surface area contributed by atoms with E-state index in [0.717, 1.165) is 10.6 Å². The van der Waals surface area contributed by atoms with Gasteiger partial charge in [0.25, 0.3) is 0 Å². The first-order valence-corrected chi connectivity index (χ1v) is 7.15. The summed E-state index contributed by atoms with van der Waals surface area (Å²) in [6.07, 6.45) is 0. The van der Waals surface area contributed by atoms with Gasteiger partial charge in [0, 0.05) is 15.5 Å². The Balaban J connectivity index is 1.89. The summed E-state index contributed by atoms with van der Waals surface area (Å²) in [7, 11) is 0. The maximum absolute atomic E-state index is 11.0. The van der Waals surface area contributed by atoms with Gasteiger partial charge < -0.3 is 20.3 Å². The van der Waals surface area contributed by atoms with E-state index < -0.39 is 5.97 Å². The highest BCUT2D eigenvalue weighted by atomic mass is 32.2. The second-order valence-electron chi connectivity index (χ2n) is 4.47. The maximum atomic E-state index is 11.0. The smallest absolute Gasteiger partial charge is 0.335 e. The molecule has 0 fully saturated rings. The molecule has 0 saturated heterocycles. The van der Waals surface area contributed by atoms with E-state index in [2.05, 4.69) is 0 Å². The lowest BCUT2D eigenvalue weighted by atomic mass is 10.2. The number of carboxylic acid groups (broad SMARTS) is 1. The molecule has 0 saturated carbocycles. The molecule has 5 nitrogen and oxygen atoms in total. The highest BCUT2D eigenvalue weighted by Crippen LogP contribution is 2.38. The van der Waals surface area contributed by atoms with E-state index in [1.54, 1.807) is 12.1 Å². The van der Waals surface area contributed by atoms with Gasteiger partial charge in [-0.2, -0.15) is 0 Å². The quantitative estimate of drug-likeness (QED) is 0.849. The van der Waals surface area contributed by atoms with Crippen molar-refractivity contribution in [1.82, 2.24) is 0 Å². The predicted molar refractivity (Wildman–Crippen MR) is 79.4 cm³/mol. The monoisotopic (exact) mass is 303 g/mol. The number of hydrogen-bond donors (Lipinski definition) is 2. The van der Waals surface area contributed by atoms with Crippen LogP contribution in [-0.2, 0) is 0 Å². The van der Waals surface area contributed by atoms with Crippen LogP contribution >= 0.6 is 11.8 Å². The summed E-state index contributed by atoms with van der Waals surface area (Å²) in [5.74, 6) is 0.441. The molecule has 0 aliphatic carbocycles. The summed E-state index contributed by atoms with van der Waals surface area (Å²) < 4.78 is 11.0. The Kier molecular flexibility index (Phi) is 3.62. The number of fused-ring (bicyclic) bond motifs is 1. The van der Waals surface area contributed by atoms with Crippen LogP contribution in [0.2, 0.25) is 0 Å². The molecule has 1 heterocycles. The van der Waals surface area contributed by atoms with E-state index >= 15 is 0 Å². The summed E-state index contributed by atoms with van der Waals surface area (Å²) in [5.41, 5.74) is 6.66. The standard InChI is InChI=1S/C15H13NO4S/c16-11-3-1-9(15(17)18)7-14(11)21-10-2-4-12-13(8-10)20-6-5-19-12/h1-4,7-8H,5-6,16H2,(H,17,18). The molecular weight excluding hydrogens is 290 g/mol. The summed E-state index contributed by atoms with van der Waals surface area (Å²) in [4.78, 5) is 12.6.